The highest BCUT2D eigenvalue weighted by molar-refractivity contribution is 5.80. The lowest BCUT2D eigenvalue weighted by molar-refractivity contribution is 0.178. The molecule has 1 unspecified atom stereocenters. The molecule has 0 aliphatic heterocycles. The lowest BCUT2D eigenvalue weighted by Crippen LogP contribution is -2.15. The molecular formula is C16H15N3O. The first-order valence-electron chi connectivity index (χ1n) is 6.94. The Labute approximate surface area is 116 Å². The van der Waals surface area contributed by atoms with E-state index in [2.05, 4.69) is 39.2 Å². The van der Waals surface area contributed by atoms with Gasteiger partial charge in [-0.2, -0.15) is 0 Å². The van der Waals surface area contributed by atoms with Crippen LogP contribution in [-0.4, -0.2) is 15.0 Å². The monoisotopic (exact) mass is 265 g/mol. The summed E-state index contributed by atoms with van der Waals surface area (Å²) in [4.78, 5) is 11.6. The topological polar surface area (TPSA) is 50.8 Å². The Hall–Kier alpha value is -2.36. The molecule has 0 fully saturated rings. The Kier molecular flexibility index (Phi) is 2.66. The molecule has 0 bridgehead atoms. The van der Waals surface area contributed by atoms with Gasteiger partial charge >= 0.3 is 0 Å². The number of ether oxygens (including phenoxy) is 1. The van der Waals surface area contributed by atoms with Crippen LogP contribution in [0.3, 0.4) is 0 Å². The molecule has 1 aromatic carbocycles. The number of H-pyrrole nitrogens is 1. The summed E-state index contributed by atoms with van der Waals surface area (Å²) in [5, 5.41) is 0.940. The fraction of sp³-hybridized carbons (Fsp3) is 0.250. The smallest absolute Gasteiger partial charge is 0.226 e. The van der Waals surface area contributed by atoms with E-state index in [1.807, 2.05) is 12.3 Å². The van der Waals surface area contributed by atoms with Crippen molar-refractivity contribution in [1.82, 2.24) is 15.0 Å². The Morgan fingerprint density at radius 2 is 2.10 bits per heavy atom. The number of benzene rings is 1. The van der Waals surface area contributed by atoms with E-state index in [4.69, 9.17) is 4.74 Å². The lowest BCUT2D eigenvalue weighted by atomic mass is 9.89. The summed E-state index contributed by atoms with van der Waals surface area (Å²) < 4.78 is 6.18. The average Bonchev–Trinajstić information content (AvgIpc) is 2.97. The Bertz CT molecular complexity index is 750. The molecule has 4 rings (SSSR count). The quantitative estimate of drug-likeness (QED) is 0.772. The van der Waals surface area contributed by atoms with Gasteiger partial charge in [-0.25, -0.2) is 9.97 Å². The summed E-state index contributed by atoms with van der Waals surface area (Å²) in [5.74, 6) is 0.665. The van der Waals surface area contributed by atoms with E-state index in [9.17, 15) is 0 Å². The molecule has 1 N–H and O–H groups in total. The van der Waals surface area contributed by atoms with Crippen LogP contribution in [0.4, 0.5) is 0 Å². The number of fused-ring (bicyclic) bond motifs is 2. The predicted molar refractivity (Wildman–Crippen MR) is 76.6 cm³/mol. The minimum absolute atomic E-state index is 0.0907. The van der Waals surface area contributed by atoms with E-state index >= 15 is 0 Å². The maximum atomic E-state index is 6.18. The Morgan fingerprint density at radius 1 is 1.15 bits per heavy atom. The van der Waals surface area contributed by atoms with Gasteiger partial charge in [-0.05, 0) is 36.5 Å². The zero-order chi connectivity index (χ0) is 13.4. The molecule has 0 amide bonds. The third-order valence-electron chi connectivity index (χ3n) is 3.89. The number of aryl methyl sites for hydroxylation is 1. The largest absolute Gasteiger partial charge is 0.469 e. The molecule has 3 aromatic rings. The van der Waals surface area contributed by atoms with Crippen LogP contribution in [0.25, 0.3) is 11.0 Å². The van der Waals surface area contributed by atoms with E-state index < -0.39 is 0 Å². The number of hydrogen-bond acceptors (Lipinski definition) is 3. The molecule has 0 saturated carbocycles. The van der Waals surface area contributed by atoms with Crippen molar-refractivity contribution in [1.29, 1.82) is 0 Å². The summed E-state index contributed by atoms with van der Waals surface area (Å²) in [6.07, 6.45) is 6.83. The third kappa shape index (κ3) is 1.84. The van der Waals surface area contributed by atoms with Crippen LogP contribution in [0.2, 0.25) is 0 Å². The summed E-state index contributed by atoms with van der Waals surface area (Å²) in [6.45, 7) is 0. The summed E-state index contributed by atoms with van der Waals surface area (Å²) in [5.41, 5.74) is 3.50. The van der Waals surface area contributed by atoms with Crippen molar-refractivity contribution in [2.75, 3.05) is 0 Å². The molecule has 4 nitrogen and oxygen atoms in total. The van der Waals surface area contributed by atoms with Crippen molar-refractivity contribution < 1.29 is 4.74 Å². The fourth-order valence-electron chi connectivity index (χ4n) is 2.91. The zero-order valence-corrected chi connectivity index (χ0v) is 11.0. The van der Waals surface area contributed by atoms with Crippen LogP contribution in [0, 0.1) is 0 Å². The van der Waals surface area contributed by atoms with Gasteiger partial charge < -0.3 is 9.72 Å². The van der Waals surface area contributed by atoms with Crippen molar-refractivity contribution in [3.8, 4) is 5.88 Å². The molecule has 100 valence electrons. The predicted octanol–water partition coefficient (Wildman–Crippen LogP) is 3.41. The van der Waals surface area contributed by atoms with E-state index in [1.165, 1.54) is 11.1 Å². The number of aromatic amines is 1. The maximum Gasteiger partial charge on any atom is 0.226 e. The average molecular weight is 265 g/mol. The lowest BCUT2D eigenvalue weighted by Gasteiger charge is -2.25. The normalized spacial score (nSPS) is 17.9. The maximum absolute atomic E-state index is 6.18. The Morgan fingerprint density at radius 3 is 3.10 bits per heavy atom. The second-order valence-electron chi connectivity index (χ2n) is 5.12. The molecule has 0 saturated heterocycles. The molecule has 2 heterocycles. The van der Waals surface area contributed by atoms with Crippen LogP contribution in [-0.2, 0) is 6.42 Å². The summed E-state index contributed by atoms with van der Waals surface area (Å²) >= 11 is 0. The molecule has 20 heavy (non-hydrogen) atoms. The van der Waals surface area contributed by atoms with Gasteiger partial charge in [-0.1, -0.05) is 24.3 Å². The van der Waals surface area contributed by atoms with E-state index in [0.717, 1.165) is 30.3 Å². The minimum Gasteiger partial charge on any atom is -0.469 e. The molecule has 0 spiro atoms. The second kappa shape index (κ2) is 4.63. The van der Waals surface area contributed by atoms with E-state index in [-0.39, 0.29) is 6.10 Å². The SMILES string of the molecule is c1ccc2c(c1)CCCC2Oc1ncnc2[nH]ccc12. The van der Waals surface area contributed by atoms with Crippen LogP contribution in [0.1, 0.15) is 30.1 Å². The van der Waals surface area contributed by atoms with Gasteiger partial charge in [0.05, 0.1) is 5.39 Å². The summed E-state index contributed by atoms with van der Waals surface area (Å²) in [6, 6.07) is 10.5. The Balaban J connectivity index is 1.72. The van der Waals surface area contributed by atoms with Crippen LogP contribution >= 0.6 is 0 Å². The number of hydrogen-bond donors (Lipinski definition) is 1. The number of nitrogens with one attached hydrogen (secondary N) is 1. The second-order valence-corrected chi connectivity index (χ2v) is 5.12. The van der Waals surface area contributed by atoms with Crippen molar-refractivity contribution in [3.05, 3.63) is 54.0 Å². The summed E-state index contributed by atoms with van der Waals surface area (Å²) in [7, 11) is 0. The van der Waals surface area contributed by atoms with Gasteiger partial charge in [0, 0.05) is 6.20 Å². The number of nitrogens with zero attached hydrogens (tertiary/aromatic N) is 2. The first-order valence-corrected chi connectivity index (χ1v) is 6.94. The van der Waals surface area contributed by atoms with Gasteiger partial charge in [-0.3, -0.25) is 0 Å². The standard InChI is InChI=1S/C16H15N3O/c1-2-6-12-11(4-1)5-3-7-14(12)20-16-13-8-9-17-15(13)18-10-19-16/h1-2,4,6,8-10,14H,3,5,7H2,(H,17,18,19). The van der Waals surface area contributed by atoms with Gasteiger partial charge in [0.15, 0.2) is 0 Å². The van der Waals surface area contributed by atoms with E-state index in [0.29, 0.717) is 5.88 Å². The van der Waals surface area contributed by atoms with Gasteiger partial charge in [0.1, 0.15) is 18.1 Å². The van der Waals surface area contributed by atoms with E-state index in [1.54, 1.807) is 6.33 Å². The van der Waals surface area contributed by atoms with Crippen molar-refractivity contribution in [2.45, 2.75) is 25.4 Å². The first kappa shape index (κ1) is 11.5. The number of rotatable bonds is 2. The molecule has 1 aliphatic rings. The van der Waals surface area contributed by atoms with Crippen molar-refractivity contribution >= 4 is 11.0 Å². The molecule has 1 atom stereocenters. The van der Waals surface area contributed by atoms with Gasteiger partial charge in [-0.15, -0.1) is 0 Å². The molecule has 1 aliphatic carbocycles. The van der Waals surface area contributed by atoms with Crippen molar-refractivity contribution in [2.24, 2.45) is 0 Å². The number of aromatic nitrogens is 3. The fourth-order valence-corrected chi connectivity index (χ4v) is 2.91. The minimum atomic E-state index is 0.0907. The van der Waals surface area contributed by atoms with Gasteiger partial charge in [0.25, 0.3) is 0 Å². The van der Waals surface area contributed by atoms with Crippen LogP contribution in [0.15, 0.2) is 42.9 Å². The van der Waals surface area contributed by atoms with Gasteiger partial charge in [0.2, 0.25) is 5.88 Å². The molecule has 2 aromatic heterocycles. The zero-order valence-electron chi connectivity index (χ0n) is 11.0. The first-order chi connectivity index (χ1) is 9.92. The third-order valence-corrected chi connectivity index (χ3v) is 3.89. The molecule has 4 heteroatoms. The highest BCUT2D eigenvalue weighted by Gasteiger charge is 2.22. The van der Waals surface area contributed by atoms with Crippen LogP contribution in [0.5, 0.6) is 5.88 Å². The van der Waals surface area contributed by atoms with Crippen LogP contribution < -0.4 is 4.74 Å². The molecular weight excluding hydrogens is 250 g/mol. The molecule has 0 radical (unpaired) electrons. The van der Waals surface area contributed by atoms with Crippen molar-refractivity contribution in [3.63, 3.8) is 0 Å². The highest BCUT2D eigenvalue weighted by atomic mass is 16.5. The highest BCUT2D eigenvalue weighted by Crippen LogP contribution is 2.34.